The predicted octanol–water partition coefficient (Wildman–Crippen LogP) is 1.21. The number of furan rings is 1. The zero-order valence-electron chi connectivity index (χ0n) is 23.3. The Balaban J connectivity index is 1.53. The van der Waals surface area contributed by atoms with Crippen molar-refractivity contribution in [3.63, 3.8) is 0 Å². The molecular weight excluding hydrogens is 546 g/mol. The van der Waals surface area contributed by atoms with Crippen LogP contribution < -0.4 is 5.73 Å². The normalized spacial score (nSPS) is 28.1. The number of aromatic hydroxyl groups is 1. The molecule has 6 N–H and O–H groups in total. The van der Waals surface area contributed by atoms with Gasteiger partial charge in [0.1, 0.15) is 22.8 Å². The Bertz CT molecular complexity index is 1550. The van der Waals surface area contributed by atoms with E-state index < -0.39 is 58.0 Å². The average Bonchev–Trinajstić information content (AvgIpc) is 3.47. The van der Waals surface area contributed by atoms with E-state index in [9.17, 15) is 34.8 Å². The molecule has 222 valence electrons. The Morgan fingerprint density at radius 2 is 1.90 bits per heavy atom. The first kappa shape index (κ1) is 28.2. The van der Waals surface area contributed by atoms with Crippen molar-refractivity contribution in [2.24, 2.45) is 17.6 Å². The third-order valence-corrected chi connectivity index (χ3v) is 9.13. The van der Waals surface area contributed by atoms with E-state index in [4.69, 9.17) is 14.9 Å². The number of benzene rings is 1. The number of likely N-dealkylation sites (N-methyl/N-ethyl adjacent to an activating group) is 1. The van der Waals surface area contributed by atoms with Crippen molar-refractivity contribution in [1.29, 1.82) is 0 Å². The molecule has 2 heterocycles. The van der Waals surface area contributed by atoms with Gasteiger partial charge in [-0.1, -0.05) is 0 Å². The van der Waals surface area contributed by atoms with Gasteiger partial charge in [-0.25, -0.2) is 0 Å². The zero-order valence-corrected chi connectivity index (χ0v) is 23.3. The van der Waals surface area contributed by atoms with Crippen LogP contribution in [0.3, 0.4) is 0 Å². The number of phenolic OH excluding ortho intramolecular Hbond substituents is 1. The van der Waals surface area contributed by atoms with Gasteiger partial charge in [0.25, 0.3) is 5.91 Å². The lowest BCUT2D eigenvalue weighted by atomic mass is 9.58. The summed E-state index contributed by atoms with van der Waals surface area (Å²) < 4.78 is 10.8. The highest BCUT2D eigenvalue weighted by Gasteiger charge is 2.63. The minimum Gasteiger partial charge on any atom is -0.510 e. The van der Waals surface area contributed by atoms with Gasteiger partial charge in [-0.2, -0.15) is 0 Å². The molecule has 1 fully saturated rings. The number of Topliss-reactive ketones (excluding diaryl/α,β-unsaturated/α-hetero) is 2. The first-order valence-electron chi connectivity index (χ1n) is 13.8. The number of allylic oxidation sites excluding steroid dienone is 1. The number of nitrogens with zero attached hydrogens (tertiary/aromatic N) is 2. The van der Waals surface area contributed by atoms with Crippen molar-refractivity contribution in [2.45, 2.75) is 31.0 Å². The lowest BCUT2D eigenvalue weighted by Crippen LogP contribution is -2.63. The van der Waals surface area contributed by atoms with Gasteiger partial charge in [-0.15, -0.1) is 0 Å². The van der Waals surface area contributed by atoms with Crippen LogP contribution >= 0.6 is 0 Å². The van der Waals surface area contributed by atoms with E-state index in [-0.39, 0.29) is 29.7 Å². The molecule has 1 aromatic carbocycles. The monoisotopic (exact) mass is 579 g/mol. The summed E-state index contributed by atoms with van der Waals surface area (Å²) in [5.74, 6) is -6.71. The molecule has 4 atom stereocenters. The number of primary amides is 1. The topological polar surface area (TPSA) is 187 Å². The van der Waals surface area contributed by atoms with Gasteiger partial charge in [-0.05, 0) is 56.1 Å². The van der Waals surface area contributed by atoms with Crippen molar-refractivity contribution >= 4 is 17.5 Å². The second-order valence-electron chi connectivity index (χ2n) is 11.6. The van der Waals surface area contributed by atoms with E-state index in [0.29, 0.717) is 55.1 Å². The third-order valence-electron chi connectivity index (χ3n) is 9.13. The Labute approximate surface area is 241 Å². The number of ketones is 2. The predicted molar refractivity (Wildman–Crippen MR) is 147 cm³/mol. The van der Waals surface area contributed by atoms with Gasteiger partial charge in [-0.3, -0.25) is 24.2 Å². The summed E-state index contributed by atoms with van der Waals surface area (Å²) in [5.41, 5.74) is 4.14. The Morgan fingerprint density at radius 3 is 2.52 bits per heavy atom. The van der Waals surface area contributed by atoms with Crippen LogP contribution in [0.5, 0.6) is 5.75 Å². The van der Waals surface area contributed by atoms with Crippen molar-refractivity contribution < 1.29 is 44.0 Å². The summed E-state index contributed by atoms with van der Waals surface area (Å²) in [7, 11) is 3.19. The minimum absolute atomic E-state index is 0.0160. The fourth-order valence-corrected chi connectivity index (χ4v) is 7.17. The number of amides is 1. The summed E-state index contributed by atoms with van der Waals surface area (Å²) in [6.07, 6.45) is 3.28. The number of hydrogen-bond donors (Lipinski definition) is 5. The Hall–Kier alpha value is -3.97. The molecule has 2 aromatic rings. The Kier molecular flexibility index (Phi) is 6.76. The third kappa shape index (κ3) is 4.01. The number of nitrogens with two attached hydrogens (primary N) is 1. The molecule has 12 nitrogen and oxygen atoms in total. The fraction of sp³-hybridized carbons (Fsp3) is 0.433. The average molecular weight is 580 g/mol. The number of ether oxygens (including phenoxy) is 1. The number of fused-ring (bicyclic) bond motifs is 3. The SMILES string of the molecule is CN(C)[C@@H]1C(O)=C(C(N)=O)C(=O)[C@@]2(O)C(O)=C3C(=O)c4c(O)c(CN5CCOCC5)cc(-c5ccoc5)c4C[C@@H]3C[C@H]12. The van der Waals surface area contributed by atoms with Crippen LogP contribution in [0.1, 0.15) is 27.9 Å². The number of carbonyl (C=O) groups is 3. The molecule has 3 aliphatic carbocycles. The minimum atomic E-state index is -2.68. The molecule has 1 amide bonds. The summed E-state index contributed by atoms with van der Waals surface area (Å²) >= 11 is 0. The second-order valence-corrected chi connectivity index (χ2v) is 11.6. The van der Waals surface area contributed by atoms with Gasteiger partial charge in [0.15, 0.2) is 11.4 Å². The second kappa shape index (κ2) is 10.1. The first-order chi connectivity index (χ1) is 20.0. The molecule has 0 bridgehead atoms. The van der Waals surface area contributed by atoms with Gasteiger partial charge < -0.3 is 35.3 Å². The molecule has 0 spiro atoms. The van der Waals surface area contributed by atoms with E-state index in [2.05, 4.69) is 4.90 Å². The van der Waals surface area contributed by atoms with E-state index in [0.717, 1.165) is 0 Å². The lowest BCUT2D eigenvalue weighted by molar-refractivity contribution is -0.148. The smallest absolute Gasteiger partial charge is 0.255 e. The highest BCUT2D eigenvalue weighted by Crippen LogP contribution is 2.53. The van der Waals surface area contributed by atoms with Crippen LogP contribution in [0.15, 0.2) is 51.7 Å². The maximum atomic E-state index is 14.2. The number of aliphatic hydroxyl groups excluding tert-OH is 2. The maximum Gasteiger partial charge on any atom is 0.255 e. The summed E-state index contributed by atoms with van der Waals surface area (Å²) in [5, 5.41) is 45.9. The number of hydrogen-bond acceptors (Lipinski definition) is 11. The molecule has 0 radical (unpaired) electrons. The molecule has 1 aliphatic heterocycles. The van der Waals surface area contributed by atoms with Crippen molar-refractivity contribution in [3.8, 4) is 16.9 Å². The number of phenols is 1. The number of aliphatic hydroxyl groups is 3. The van der Waals surface area contributed by atoms with E-state index in [1.807, 2.05) is 6.07 Å². The molecule has 42 heavy (non-hydrogen) atoms. The van der Waals surface area contributed by atoms with Crippen LogP contribution in [-0.4, -0.2) is 99.7 Å². The van der Waals surface area contributed by atoms with Crippen LogP contribution in [0.2, 0.25) is 0 Å². The quantitative estimate of drug-likeness (QED) is 0.321. The summed E-state index contributed by atoms with van der Waals surface area (Å²) in [6.45, 7) is 2.72. The molecule has 4 aliphatic rings. The fourth-order valence-electron chi connectivity index (χ4n) is 7.17. The lowest BCUT2D eigenvalue weighted by Gasteiger charge is -2.50. The maximum absolute atomic E-state index is 14.2. The van der Waals surface area contributed by atoms with Crippen molar-refractivity contribution in [3.05, 3.63) is 64.0 Å². The van der Waals surface area contributed by atoms with Gasteiger partial charge in [0.2, 0.25) is 5.78 Å². The molecule has 0 unspecified atom stereocenters. The molecule has 6 rings (SSSR count). The van der Waals surface area contributed by atoms with E-state index in [1.165, 1.54) is 11.2 Å². The van der Waals surface area contributed by atoms with Gasteiger partial charge in [0, 0.05) is 42.3 Å². The highest BCUT2D eigenvalue weighted by molar-refractivity contribution is 6.25. The molecule has 1 saturated heterocycles. The summed E-state index contributed by atoms with van der Waals surface area (Å²) in [6, 6.07) is 2.55. The number of morpholine rings is 1. The molecular formula is C30H33N3O9. The van der Waals surface area contributed by atoms with Crippen molar-refractivity contribution in [2.75, 3.05) is 40.4 Å². The van der Waals surface area contributed by atoms with Gasteiger partial charge >= 0.3 is 0 Å². The van der Waals surface area contributed by atoms with Crippen LogP contribution in [-0.2, 0) is 27.3 Å². The van der Waals surface area contributed by atoms with E-state index >= 15 is 0 Å². The van der Waals surface area contributed by atoms with Gasteiger partial charge in [0.05, 0.1) is 37.3 Å². The van der Waals surface area contributed by atoms with Crippen LogP contribution in [0.4, 0.5) is 0 Å². The molecule has 1 aromatic heterocycles. The van der Waals surface area contributed by atoms with Crippen LogP contribution in [0.25, 0.3) is 11.1 Å². The standard InChI is InChI=1S/C30H33N3O9/c1-32(2)23-19-11-15-9-18-17(14-3-6-42-13-14)10-16(12-33-4-7-41-8-5-33)24(34)21(18)25(35)20(15)27(37)30(19,40)28(38)22(26(23)36)29(31)39/h3,6,10,13,15,19,23,34,36-37,40H,4-5,7-9,11-12H2,1-2H3,(H2,31,39)/t15-,19-,23+,30+/m1/s1. The largest absolute Gasteiger partial charge is 0.510 e. The molecule has 12 heteroatoms. The summed E-state index contributed by atoms with van der Waals surface area (Å²) in [4.78, 5) is 43.6. The van der Waals surface area contributed by atoms with E-state index in [1.54, 1.807) is 26.4 Å². The highest BCUT2D eigenvalue weighted by atomic mass is 16.5. The molecule has 0 saturated carbocycles. The number of carbonyl (C=O) groups excluding carboxylic acids is 3. The Morgan fingerprint density at radius 1 is 1.19 bits per heavy atom. The number of rotatable bonds is 5. The first-order valence-corrected chi connectivity index (χ1v) is 13.8. The van der Waals surface area contributed by atoms with Crippen LogP contribution in [0, 0.1) is 11.8 Å². The zero-order chi connectivity index (χ0) is 30.1. The van der Waals surface area contributed by atoms with Crippen molar-refractivity contribution in [1.82, 2.24) is 9.80 Å².